The molecule has 5 heterocycles. The van der Waals surface area contributed by atoms with Crippen LogP contribution in [0, 0.1) is 20.8 Å². The number of piperidine rings is 1. The number of likely N-dealkylation sites (tertiary alicyclic amines) is 1. The second-order valence-electron chi connectivity index (χ2n) is 11.3. The molecule has 0 bridgehead atoms. The van der Waals surface area contributed by atoms with E-state index in [2.05, 4.69) is 85.0 Å². The normalized spacial score (nSPS) is 15.2. The van der Waals surface area contributed by atoms with Crippen LogP contribution in [0.3, 0.4) is 0 Å². The molecular formula is C31H36N6OS. The van der Waals surface area contributed by atoms with Crippen molar-refractivity contribution in [1.82, 2.24) is 24.5 Å². The Hall–Kier alpha value is -3.49. The first kappa shape index (κ1) is 25.8. The fraction of sp³-hybridized carbons (Fsp3) is 0.387. The zero-order valence-corrected chi connectivity index (χ0v) is 24.2. The van der Waals surface area contributed by atoms with Crippen LogP contribution in [0.15, 0.2) is 36.8 Å². The third-order valence-electron chi connectivity index (χ3n) is 8.51. The molecule has 1 saturated heterocycles. The molecular weight excluding hydrogens is 504 g/mol. The number of thiophene rings is 1. The first-order valence-corrected chi connectivity index (χ1v) is 14.6. The van der Waals surface area contributed by atoms with Crippen LogP contribution in [0.1, 0.15) is 66.3 Å². The van der Waals surface area contributed by atoms with Crippen molar-refractivity contribution in [2.75, 3.05) is 19.6 Å². The highest BCUT2D eigenvalue weighted by molar-refractivity contribution is 7.22. The summed E-state index contributed by atoms with van der Waals surface area (Å²) in [6, 6.07) is 9.16. The van der Waals surface area contributed by atoms with E-state index in [4.69, 9.17) is 5.73 Å². The number of benzene rings is 1. The number of aryl methyl sites for hydroxylation is 2. The fourth-order valence-electron chi connectivity index (χ4n) is 6.30. The molecule has 8 heteroatoms. The Labute approximate surface area is 233 Å². The van der Waals surface area contributed by atoms with Crippen LogP contribution in [0.2, 0.25) is 0 Å². The Morgan fingerprint density at radius 3 is 2.49 bits per heavy atom. The minimum atomic E-state index is -0.241. The maximum atomic E-state index is 11.3. The highest BCUT2D eigenvalue weighted by Crippen LogP contribution is 2.46. The lowest BCUT2D eigenvalue weighted by molar-refractivity contribution is -0.119. The third-order valence-corrected chi connectivity index (χ3v) is 9.76. The van der Waals surface area contributed by atoms with Gasteiger partial charge in [-0.2, -0.15) is 5.10 Å². The van der Waals surface area contributed by atoms with Gasteiger partial charge in [-0.3, -0.25) is 9.69 Å². The number of nitrogens with one attached hydrogen (secondary N) is 1. The summed E-state index contributed by atoms with van der Waals surface area (Å²) in [5.74, 6) is 0.657. The van der Waals surface area contributed by atoms with Gasteiger partial charge in [0.25, 0.3) is 0 Å². The van der Waals surface area contributed by atoms with Crippen molar-refractivity contribution >= 4 is 33.1 Å². The molecule has 6 rings (SSSR count). The number of primary amides is 1. The molecule has 1 aliphatic heterocycles. The molecule has 0 unspecified atom stereocenters. The number of hydrogen-bond donors (Lipinski definition) is 2. The average Bonchev–Trinajstić information content (AvgIpc) is 3.61. The molecule has 1 amide bonds. The molecule has 39 heavy (non-hydrogen) atoms. The molecule has 1 aliphatic rings. The van der Waals surface area contributed by atoms with Gasteiger partial charge in [-0.05, 0) is 91.9 Å². The van der Waals surface area contributed by atoms with Crippen molar-refractivity contribution in [3.8, 4) is 21.7 Å². The van der Waals surface area contributed by atoms with Gasteiger partial charge in [-0.25, -0.2) is 9.50 Å². The van der Waals surface area contributed by atoms with Crippen molar-refractivity contribution < 1.29 is 4.79 Å². The lowest BCUT2D eigenvalue weighted by Gasteiger charge is -2.31. The topological polar surface area (TPSA) is 92.3 Å². The van der Waals surface area contributed by atoms with E-state index in [-0.39, 0.29) is 5.91 Å². The number of pyridine rings is 1. The second kappa shape index (κ2) is 9.92. The number of fused-ring (bicyclic) bond motifs is 2. The number of hydrogen-bond acceptors (Lipinski definition) is 5. The third kappa shape index (κ3) is 4.45. The van der Waals surface area contributed by atoms with Crippen LogP contribution >= 0.6 is 11.3 Å². The SMILES string of the molecule is Cc1c(-c2[nH]c3sc(-c4ccc(C5CCN(CC(N)=O)CC5)cc4)c(C)c3c2C(C)C)cn2ncnc2c1C. The summed E-state index contributed by atoms with van der Waals surface area (Å²) < 4.78 is 1.89. The van der Waals surface area contributed by atoms with Crippen LogP contribution in [0.5, 0.6) is 0 Å². The predicted molar refractivity (Wildman–Crippen MR) is 160 cm³/mol. The molecule has 0 saturated carbocycles. The largest absolute Gasteiger partial charge is 0.369 e. The van der Waals surface area contributed by atoms with Crippen LogP contribution < -0.4 is 5.73 Å². The first-order chi connectivity index (χ1) is 18.7. The maximum absolute atomic E-state index is 11.3. The van der Waals surface area contributed by atoms with Gasteiger partial charge in [0, 0.05) is 22.0 Å². The Bertz CT molecular complexity index is 1680. The summed E-state index contributed by atoms with van der Waals surface area (Å²) in [6.45, 7) is 13.3. The van der Waals surface area contributed by atoms with Crippen LogP contribution in [0.25, 0.3) is 37.6 Å². The van der Waals surface area contributed by atoms with Gasteiger partial charge >= 0.3 is 0 Å². The Morgan fingerprint density at radius 2 is 1.82 bits per heavy atom. The van der Waals surface area contributed by atoms with Crippen molar-refractivity contribution in [2.45, 2.75) is 59.3 Å². The summed E-state index contributed by atoms with van der Waals surface area (Å²) in [4.78, 5) is 24.2. The lowest BCUT2D eigenvalue weighted by Crippen LogP contribution is -2.39. The van der Waals surface area contributed by atoms with E-state index < -0.39 is 0 Å². The molecule has 0 aliphatic carbocycles. The van der Waals surface area contributed by atoms with Gasteiger partial charge in [0.2, 0.25) is 5.91 Å². The number of aromatic amines is 1. The van der Waals surface area contributed by atoms with Crippen LogP contribution in [0.4, 0.5) is 0 Å². The summed E-state index contributed by atoms with van der Waals surface area (Å²) in [5.41, 5.74) is 16.4. The van der Waals surface area contributed by atoms with Crippen LogP contribution in [-0.2, 0) is 4.79 Å². The molecule has 4 aromatic heterocycles. The molecule has 1 fully saturated rings. The zero-order chi connectivity index (χ0) is 27.4. The maximum Gasteiger partial charge on any atom is 0.231 e. The highest BCUT2D eigenvalue weighted by atomic mass is 32.1. The number of aromatic nitrogens is 4. The Morgan fingerprint density at radius 1 is 1.10 bits per heavy atom. The molecule has 0 atom stereocenters. The van der Waals surface area contributed by atoms with E-state index in [1.807, 2.05) is 15.9 Å². The van der Waals surface area contributed by atoms with E-state index in [1.54, 1.807) is 6.33 Å². The summed E-state index contributed by atoms with van der Waals surface area (Å²) in [7, 11) is 0. The van der Waals surface area contributed by atoms with Gasteiger partial charge in [-0.1, -0.05) is 38.1 Å². The molecule has 7 nitrogen and oxygen atoms in total. The molecule has 1 aromatic carbocycles. The van der Waals surface area contributed by atoms with E-state index in [1.165, 1.54) is 54.2 Å². The van der Waals surface area contributed by atoms with E-state index >= 15 is 0 Å². The number of rotatable bonds is 6. The molecule has 0 radical (unpaired) electrons. The number of H-pyrrole nitrogens is 1. The van der Waals surface area contributed by atoms with Gasteiger partial charge < -0.3 is 10.7 Å². The van der Waals surface area contributed by atoms with Crippen molar-refractivity contribution in [1.29, 1.82) is 0 Å². The van der Waals surface area contributed by atoms with E-state index in [0.29, 0.717) is 18.4 Å². The van der Waals surface area contributed by atoms with Gasteiger partial charge in [0.1, 0.15) is 11.2 Å². The highest BCUT2D eigenvalue weighted by Gasteiger charge is 2.25. The van der Waals surface area contributed by atoms with Gasteiger partial charge in [0.05, 0.1) is 12.2 Å². The number of carbonyl (C=O) groups is 1. The Kier molecular flexibility index (Phi) is 6.55. The zero-order valence-electron chi connectivity index (χ0n) is 23.3. The monoisotopic (exact) mass is 540 g/mol. The number of carbonyl (C=O) groups excluding carboxylic acids is 1. The number of amides is 1. The van der Waals surface area contributed by atoms with Crippen molar-refractivity contribution in [2.24, 2.45) is 5.73 Å². The van der Waals surface area contributed by atoms with Gasteiger partial charge in [0.15, 0.2) is 5.65 Å². The predicted octanol–water partition coefficient (Wildman–Crippen LogP) is 6.32. The standard InChI is InChI=1S/C31H36N6OS/c1-17(2)26-27-20(5)29(23-8-6-21(7-9-23)22-10-12-36(13-11-22)15-25(32)38)39-31(27)35-28(26)24-14-37-30(33-16-34-37)19(4)18(24)3/h6-9,14,16-17,22,35H,10-13,15H2,1-5H3,(H2,32,38). The smallest absolute Gasteiger partial charge is 0.231 e. The van der Waals surface area contributed by atoms with Crippen molar-refractivity contribution in [3.63, 3.8) is 0 Å². The minimum absolute atomic E-state index is 0.241. The lowest BCUT2D eigenvalue weighted by atomic mass is 9.88. The minimum Gasteiger partial charge on any atom is -0.369 e. The molecule has 3 N–H and O–H groups in total. The number of nitrogens with zero attached hydrogens (tertiary/aromatic N) is 4. The molecule has 202 valence electrons. The average molecular weight is 541 g/mol. The number of nitrogens with two attached hydrogens (primary N) is 1. The summed E-state index contributed by atoms with van der Waals surface area (Å²) in [6.07, 6.45) is 5.86. The summed E-state index contributed by atoms with van der Waals surface area (Å²) in [5, 5.41) is 5.77. The molecule has 5 aromatic rings. The second-order valence-corrected chi connectivity index (χ2v) is 12.3. The van der Waals surface area contributed by atoms with Crippen LogP contribution in [-0.4, -0.2) is 50.0 Å². The molecule has 0 spiro atoms. The summed E-state index contributed by atoms with van der Waals surface area (Å²) >= 11 is 1.85. The first-order valence-electron chi connectivity index (χ1n) is 13.8. The Balaban J connectivity index is 1.33. The van der Waals surface area contributed by atoms with E-state index in [9.17, 15) is 4.79 Å². The quantitative estimate of drug-likeness (QED) is 0.264. The fourth-order valence-corrected chi connectivity index (χ4v) is 7.53. The van der Waals surface area contributed by atoms with Gasteiger partial charge in [-0.15, -0.1) is 11.3 Å². The van der Waals surface area contributed by atoms with E-state index in [0.717, 1.165) is 37.1 Å². The van der Waals surface area contributed by atoms with Crippen molar-refractivity contribution in [3.05, 3.63) is 64.6 Å².